The van der Waals surface area contributed by atoms with E-state index in [4.69, 9.17) is 0 Å². The van der Waals surface area contributed by atoms with Crippen LogP contribution in [0.1, 0.15) is 33.8 Å². The zero-order valence-corrected chi connectivity index (χ0v) is 14.2. The zero-order chi connectivity index (χ0) is 16.1. The van der Waals surface area contributed by atoms with E-state index in [-0.39, 0.29) is 11.9 Å². The Kier molecular flexibility index (Phi) is 5.35. The second kappa shape index (κ2) is 7.66. The van der Waals surface area contributed by atoms with Crippen molar-refractivity contribution in [1.29, 1.82) is 0 Å². The molecular weight excluding hydrogens is 308 g/mol. The Hall–Kier alpha value is -1.79. The van der Waals surface area contributed by atoms with Gasteiger partial charge >= 0.3 is 0 Å². The van der Waals surface area contributed by atoms with Gasteiger partial charge in [-0.15, -0.1) is 5.10 Å². The molecule has 3 rings (SSSR count). The maximum atomic E-state index is 12.3. The summed E-state index contributed by atoms with van der Waals surface area (Å²) in [6.07, 6.45) is 3.22. The third-order valence-electron chi connectivity index (χ3n) is 4.26. The summed E-state index contributed by atoms with van der Waals surface area (Å²) in [6.45, 7) is 4.90. The van der Waals surface area contributed by atoms with Crippen LogP contribution >= 0.6 is 11.5 Å². The second-order valence-electron chi connectivity index (χ2n) is 6.04. The lowest BCUT2D eigenvalue weighted by Crippen LogP contribution is -2.48. The third kappa shape index (κ3) is 4.36. The van der Waals surface area contributed by atoms with E-state index in [9.17, 15) is 4.79 Å². The first-order valence-corrected chi connectivity index (χ1v) is 8.86. The van der Waals surface area contributed by atoms with Gasteiger partial charge in [0.05, 0.1) is 5.69 Å². The first-order valence-electron chi connectivity index (χ1n) is 8.08. The molecule has 1 aliphatic rings. The van der Waals surface area contributed by atoms with Gasteiger partial charge in [0.1, 0.15) is 4.88 Å². The summed E-state index contributed by atoms with van der Waals surface area (Å²) < 4.78 is 3.83. The number of likely N-dealkylation sites (tertiary alicyclic amines) is 1. The van der Waals surface area contributed by atoms with Gasteiger partial charge in [0, 0.05) is 19.1 Å². The number of piperidine rings is 1. The van der Waals surface area contributed by atoms with Crippen LogP contribution in [-0.4, -0.2) is 46.1 Å². The molecule has 1 aliphatic heterocycles. The number of carbonyl (C=O) groups is 1. The number of benzene rings is 1. The Labute approximate surface area is 140 Å². The zero-order valence-electron chi connectivity index (χ0n) is 13.4. The molecule has 122 valence electrons. The molecule has 6 heteroatoms. The van der Waals surface area contributed by atoms with Crippen molar-refractivity contribution in [2.45, 2.75) is 32.2 Å². The van der Waals surface area contributed by atoms with E-state index >= 15 is 0 Å². The van der Waals surface area contributed by atoms with Gasteiger partial charge in [-0.1, -0.05) is 34.8 Å². The van der Waals surface area contributed by atoms with Crippen molar-refractivity contribution in [2.75, 3.05) is 19.6 Å². The fourth-order valence-corrected chi connectivity index (χ4v) is 3.56. The number of aryl methyl sites for hydroxylation is 1. The summed E-state index contributed by atoms with van der Waals surface area (Å²) in [4.78, 5) is 15.4. The molecule has 1 aromatic carbocycles. The standard InChI is InChI=1S/C17H22N4OS/c1-13-16(23-20-19-13)17(22)18-15-8-5-10-21(12-15)11-9-14-6-3-2-4-7-14/h2-4,6-7,15H,5,8-12H2,1H3,(H,18,22). The lowest BCUT2D eigenvalue weighted by Gasteiger charge is -2.33. The van der Waals surface area contributed by atoms with Crippen LogP contribution in [0.25, 0.3) is 0 Å². The summed E-state index contributed by atoms with van der Waals surface area (Å²) >= 11 is 1.17. The number of nitrogens with one attached hydrogen (secondary N) is 1. The van der Waals surface area contributed by atoms with Gasteiger partial charge in [-0.3, -0.25) is 4.79 Å². The molecule has 0 radical (unpaired) electrons. The SMILES string of the molecule is Cc1nnsc1C(=O)NC1CCCN(CCc2ccccc2)C1. The molecule has 1 fully saturated rings. The third-order valence-corrected chi connectivity index (χ3v) is 5.08. The summed E-state index contributed by atoms with van der Waals surface area (Å²) in [7, 11) is 0. The topological polar surface area (TPSA) is 58.1 Å². The van der Waals surface area contributed by atoms with E-state index in [1.54, 1.807) is 0 Å². The maximum absolute atomic E-state index is 12.3. The van der Waals surface area contributed by atoms with Crippen LogP contribution in [0.5, 0.6) is 0 Å². The van der Waals surface area contributed by atoms with Gasteiger partial charge in [-0.05, 0) is 49.8 Å². The molecule has 1 saturated heterocycles. The highest BCUT2D eigenvalue weighted by Crippen LogP contribution is 2.14. The van der Waals surface area contributed by atoms with E-state index in [0.29, 0.717) is 10.6 Å². The van der Waals surface area contributed by atoms with E-state index in [1.807, 2.05) is 13.0 Å². The van der Waals surface area contributed by atoms with Crippen LogP contribution in [0.3, 0.4) is 0 Å². The molecule has 0 aliphatic carbocycles. The highest BCUT2D eigenvalue weighted by Gasteiger charge is 2.23. The molecule has 2 aromatic rings. The number of nitrogens with zero attached hydrogens (tertiary/aromatic N) is 3. The van der Waals surface area contributed by atoms with E-state index in [1.165, 1.54) is 17.1 Å². The lowest BCUT2D eigenvalue weighted by atomic mass is 10.0. The number of aromatic nitrogens is 2. The number of hydrogen-bond donors (Lipinski definition) is 1. The van der Waals surface area contributed by atoms with Crippen LogP contribution < -0.4 is 5.32 Å². The highest BCUT2D eigenvalue weighted by molar-refractivity contribution is 7.08. The van der Waals surface area contributed by atoms with E-state index < -0.39 is 0 Å². The van der Waals surface area contributed by atoms with Gasteiger partial charge in [-0.25, -0.2) is 0 Å². The lowest BCUT2D eigenvalue weighted by molar-refractivity contribution is 0.0907. The molecule has 1 atom stereocenters. The van der Waals surface area contributed by atoms with Crippen molar-refractivity contribution in [3.05, 3.63) is 46.5 Å². The van der Waals surface area contributed by atoms with Crippen molar-refractivity contribution in [3.8, 4) is 0 Å². The Balaban J connectivity index is 1.50. The minimum atomic E-state index is -0.0348. The van der Waals surface area contributed by atoms with Crippen LogP contribution in [-0.2, 0) is 6.42 Å². The molecule has 5 nitrogen and oxygen atoms in total. The Morgan fingerprint density at radius 3 is 2.96 bits per heavy atom. The average Bonchev–Trinajstić information content (AvgIpc) is 3.00. The van der Waals surface area contributed by atoms with Gasteiger partial charge < -0.3 is 10.2 Å². The molecule has 1 aromatic heterocycles. The molecule has 1 amide bonds. The highest BCUT2D eigenvalue weighted by atomic mass is 32.1. The summed E-state index contributed by atoms with van der Waals surface area (Å²) in [5, 5.41) is 7.05. The first-order chi connectivity index (χ1) is 11.2. The normalized spacial score (nSPS) is 18.7. The monoisotopic (exact) mass is 330 g/mol. The smallest absolute Gasteiger partial charge is 0.265 e. The van der Waals surface area contributed by atoms with Crippen molar-refractivity contribution >= 4 is 17.4 Å². The predicted molar refractivity (Wildman–Crippen MR) is 91.7 cm³/mol. The van der Waals surface area contributed by atoms with Crippen LogP contribution in [0.4, 0.5) is 0 Å². The molecule has 0 bridgehead atoms. The van der Waals surface area contributed by atoms with Gasteiger partial charge in [-0.2, -0.15) is 0 Å². The maximum Gasteiger partial charge on any atom is 0.265 e. The number of rotatable bonds is 5. The minimum Gasteiger partial charge on any atom is -0.347 e. The van der Waals surface area contributed by atoms with Crippen LogP contribution in [0.15, 0.2) is 30.3 Å². The summed E-state index contributed by atoms with van der Waals surface area (Å²) in [5.74, 6) is -0.0348. The molecule has 1 unspecified atom stereocenters. The van der Waals surface area contributed by atoms with E-state index in [0.717, 1.165) is 38.9 Å². The van der Waals surface area contributed by atoms with Crippen molar-refractivity contribution < 1.29 is 4.79 Å². The molecular formula is C17H22N4OS. The van der Waals surface area contributed by atoms with Crippen LogP contribution in [0, 0.1) is 6.92 Å². The van der Waals surface area contributed by atoms with Crippen molar-refractivity contribution in [1.82, 2.24) is 19.8 Å². The number of hydrogen-bond acceptors (Lipinski definition) is 5. The molecule has 1 N–H and O–H groups in total. The molecule has 0 spiro atoms. The predicted octanol–water partition coefficient (Wildman–Crippen LogP) is 2.28. The molecule has 2 heterocycles. The van der Waals surface area contributed by atoms with Crippen LogP contribution in [0.2, 0.25) is 0 Å². The fraction of sp³-hybridized carbons (Fsp3) is 0.471. The first kappa shape index (κ1) is 16.1. The molecule has 23 heavy (non-hydrogen) atoms. The molecule has 0 saturated carbocycles. The van der Waals surface area contributed by atoms with E-state index in [2.05, 4.69) is 44.1 Å². The minimum absolute atomic E-state index is 0.0348. The Morgan fingerprint density at radius 2 is 2.22 bits per heavy atom. The number of amides is 1. The average molecular weight is 330 g/mol. The Bertz CT molecular complexity index is 643. The fourth-order valence-electron chi connectivity index (χ4n) is 3.00. The largest absolute Gasteiger partial charge is 0.347 e. The quantitative estimate of drug-likeness (QED) is 0.914. The number of carbonyl (C=O) groups excluding carboxylic acids is 1. The van der Waals surface area contributed by atoms with Gasteiger partial charge in [0.2, 0.25) is 0 Å². The summed E-state index contributed by atoms with van der Waals surface area (Å²) in [5.41, 5.74) is 2.08. The summed E-state index contributed by atoms with van der Waals surface area (Å²) in [6, 6.07) is 10.8. The van der Waals surface area contributed by atoms with Gasteiger partial charge in [0.15, 0.2) is 0 Å². The second-order valence-corrected chi connectivity index (χ2v) is 6.79. The Morgan fingerprint density at radius 1 is 1.39 bits per heavy atom. The van der Waals surface area contributed by atoms with Gasteiger partial charge in [0.25, 0.3) is 5.91 Å². The van der Waals surface area contributed by atoms with Crippen molar-refractivity contribution in [3.63, 3.8) is 0 Å². The van der Waals surface area contributed by atoms with Crippen molar-refractivity contribution in [2.24, 2.45) is 0 Å².